The third-order valence-corrected chi connectivity index (χ3v) is 6.45. The summed E-state index contributed by atoms with van der Waals surface area (Å²) in [5, 5.41) is 13.2. The molecule has 1 aromatic heterocycles. The maximum absolute atomic E-state index is 13.6. The van der Waals surface area contributed by atoms with Crippen molar-refractivity contribution in [1.29, 1.82) is 0 Å². The maximum atomic E-state index is 13.6. The zero-order chi connectivity index (χ0) is 19.6. The Kier molecular flexibility index (Phi) is 5.36. The van der Waals surface area contributed by atoms with Gasteiger partial charge in [0.15, 0.2) is 0 Å². The summed E-state index contributed by atoms with van der Waals surface area (Å²) in [7, 11) is 1.62. The number of amides is 1. The molecular formula is C23H28N2O3. The molecule has 1 atom stereocenters. The molecule has 2 saturated carbocycles. The van der Waals surface area contributed by atoms with Crippen LogP contribution in [-0.4, -0.2) is 29.2 Å². The number of aliphatic hydroxyl groups is 1. The molecule has 1 amide bonds. The third kappa shape index (κ3) is 3.51. The molecule has 2 fully saturated rings. The minimum Gasteiger partial charge on any atom is -0.495 e. The Balaban J connectivity index is 1.63. The molecule has 5 nitrogen and oxygen atoms in total. The monoisotopic (exact) mass is 380 g/mol. The van der Waals surface area contributed by atoms with Crippen molar-refractivity contribution in [2.75, 3.05) is 7.11 Å². The third-order valence-electron chi connectivity index (χ3n) is 6.45. The van der Waals surface area contributed by atoms with Gasteiger partial charge in [-0.3, -0.25) is 9.78 Å². The second-order valence-corrected chi connectivity index (χ2v) is 8.15. The van der Waals surface area contributed by atoms with E-state index >= 15 is 0 Å². The van der Waals surface area contributed by atoms with Gasteiger partial charge in [-0.15, -0.1) is 0 Å². The fraction of sp³-hybridized carbons (Fsp3) is 0.478. The molecule has 1 aromatic carbocycles. The highest BCUT2D eigenvalue weighted by Crippen LogP contribution is 2.44. The van der Waals surface area contributed by atoms with Crippen molar-refractivity contribution in [2.24, 2.45) is 5.92 Å². The van der Waals surface area contributed by atoms with Gasteiger partial charge in [-0.25, -0.2) is 0 Å². The van der Waals surface area contributed by atoms with Gasteiger partial charge < -0.3 is 15.2 Å². The van der Waals surface area contributed by atoms with Crippen molar-refractivity contribution in [3.63, 3.8) is 0 Å². The number of aliphatic hydroxyl groups excluding tert-OH is 1. The number of carbonyl (C=O) groups is 1. The zero-order valence-electron chi connectivity index (χ0n) is 16.3. The molecule has 2 aliphatic carbocycles. The number of aromatic nitrogens is 1. The van der Waals surface area contributed by atoms with E-state index in [1.54, 1.807) is 19.5 Å². The summed E-state index contributed by atoms with van der Waals surface area (Å²) in [6.07, 6.45) is 8.45. The van der Waals surface area contributed by atoms with Crippen molar-refractivity contribution in [3.8, 4) is 5.75 Å². The molecule has 0 saturated heterocycles. The number of hydrogen-bond donors (Lipinski definition) is 2. The second-order valence-electron chi connectivity index (χ2n) is 8.15. The quantitative estimate of drug-likeness (QED) is 0.804. The van der Waals surface area contributed by atoms with Gasteiger partial charge >= 0.3 is 0 Å². The van der Waals surface area contributed by atoms with E-state index in [0.29, 0.717) is 18.6 Å². The number of nitrogens with zero attached hydrogens (tertiary/aromatic N) is 1. The lowest BCUT2D eigenvalue weighted by Crippen LogP contribution is -2.48. The van der Waals surface area contributed by atoms with Crippen molar-refractivity contribution in [3.05, 3.63) is 59.9 Å². The minimum atomic E-state index is -0.464. The van der Waals surface area contributed by atoms with Gasteiger partial charge in [-0.1, -0.05) is 43.2 Å². The first-order valence-electron chi connectivity index (χ1n) is 10.2. The molecule has 5 heteroatoms. The Hall–Kier alpha value is -2.40. The lowest BCUT2D eigenvalue weighted by molar-refractivity contribution is -0.128. The van der Waals surface area contributed by atoms with E-state index in [-0.39, 0.29) is 24.0 Å². The van der Waals surface area contributed by atoms with Crippen LogP contribution >= 0.6 is 0 Å². The highest BCUT2D eigenvalue weighted by molar-refractivity contribution is 5.89. The van der Waals surface area contributed by atoms with E-state index in [1.807, 2.05) is 24.3 Å². The van der Waals surface area contributed by atoms with Crippen molar-refractivity contribution < 1.29 is 14.6 Å². The van der Waals surface area contributed by atoms with Gasteiger partial charge in [0.1, 0.15) is 5.75 Å². The summed E-state index contributed by atoms with van der Waals surface area (Å²) in [4.78, 5) is 17.9. The van der Waals surface area contributed by atoms with Gasteiger partial charge in [0, 0.05) is 6.20 Å². The average Bonchev–Trinajstić information content (AvgIpc) is 3.22. The molecule has 0 bridgehead atoms. The Labute approximate surface area is 166 Å². The first-order chi connectivity index (χ1) is 13.6. The van der Waals surface area contributed by atoms with Crippen LogP contribution in [0, 0.1) is 5.92 Å². The van der Waals surface area contributed by atoms with E-state index in [4.69, 9.17) is 4.74 Å². The number of hydrogen-bond acceptors (Lipinski definition) is 4. The molecule has 2 aliphatic rings. The van der Waals surface area contributed by atoms with Crippen LogP contribution in [-0.2, 0) is 10.2 Å². The van der Waals surface area contributed by atoms with E-state index in [1.165, 1.54) is 0 Å². The maximum Gasteiger partial charge on any atom is 0.231 e. The van der Waals surface area contributed by atoms with Crippen LogP contribution in [0.3, 0.4) is 0 Å². The molecule has 0 unspecified atom stereocenters. The lowest BCUT2D eigenvalue weighted by atomic mass is 9.73. The molecule has 28 heavy (non-hydrogen) atoms. The minimum absolute atomic E-state index is 0.0883. The van der Waals surface area contributed by atoms with Crippen LogP contribution < -0.4 is 10.1 Å². The molecule has 0 aliphatic heterocycles. The van der Waals surface area contributed by atoms with E-state index in [0.717, 1.165) is 36.8 Å². The first kappa shape index (κ1) is 18.9. The van der Waals surface area contributed by atoms with Crippen LogP contribution in [0.2, 0.25) is 0 Å². The Morgan fingerprint density at radius 2 is 1.93 bits per heavy atom. The number of carbonyl (C=O) groups excluding carboxylic acids is 1. The predicted molar refractivity (Wildman–Crippen MR) is 107 cm³/mol. The van der Waals surface area contributed by atoms with Crippen LogP contribution in [0.25, 0.3) is 0 Å². The van der Waals surface area contributed by atoms with Gasteiger partial charge in [0.05, 0.1) is 30.9 Å². The number of pyridine rings is 1. The largest absolute Gasteiger partial charge is 0.495 e. The first-order valence-corrected chi connectivity index (χ1v) is 10.2. The number of benzene rings is 1. The van der Waals surface area contributed by atoms with E-state index in [9.17, 15) is 9.90 Å². The smallest absolute Gasteiger partial charge is 0.231 e. The molecule has 2 N–H and O–H groups in total. The summed E-state index contributed by atoms with van der Waals surface area (Å²) in [6, 6.07) is 11.9. The highest BCUT2D eigenvalue weighted by atomic mass is 16.5. The van der Waals surface area contributed by atoms with Crippen LogP contribution in [0.1, 0.15) is 55.7 Å². The van der Waals surface area contributed by atoms with Crippen molar-refractivity contribution in [2.45, 2.75) is 56.1 Å². The number of methoxy groups -OCH3 is 1. The molecule has 2 aromatic rings. The second kappa shape index (κ2) is 7.92. The fourth-order valence-electron chi connectivity index (χ4n) is 4.75. The summed E-state index contributed by atoms with van der Waals surface area (Å²) >= 11 is 0. The van der Waals surface area contributed by atoms with E-state index in [2.05, 4.69) is 22.4 Å². The van der Waals surface area contributed by atoms with Crippen LogP contribution in [0.15, 0.2) is 48.8 Å². The standard InChI is InChI=1S/C23H28N2O3/c1-28-20-13-17(14-24-15-20)21(16-11-19(26)12-16)25-22(27)23(9-5-6-10-23)18-7-3-2-4-8-18/h2-4,7-8,13-16,19,21,26H,5-6,9-12H2,1H3,(H,25,27)/t16?,19?,21-/m0/s1. The summed E-state index contributed by atoms with van der Waals surface area (Å²) in [5.74, 6) is 0.975. The van der Waals surface area contributed by atoms with E-state index < -0.39 is 5.41 Å². The zero-order valence-corrected chi connectivity index (χ0v) is 16.3. The molecule has 4 rings (SSSR count). The molecule has 1 heterocycles. The average molecular weight is 380 g/mol. The normalized spacial score (nSPS) is 24.2. The SMILES string of the molecule is COc1cncc([C@@H](NC(=O)C2(c3ccccc3)CCCC2)C2CC(O)C2)c1. The number of ether oxygens (including phenoxy) is 1. The van der Waals surface area contributed by atoms with Gasteiger partial charge in [-0.05, 0) is 48.8 Å². The molecular weight excluding hydrogens is 352 g/mol. The molecule has 148 valence electrons. The highest BCUT2D eigenvalue weighted by Gasteiger charge is 2.45. The van der Waals surface area contributed by atoms with Crippen LogP contribution in [0.5, 0.6) is 5.75 Å². The molecule has 0 radical (unpaired) electrons. The number of rotatable bonds is 6. The Bertz CT molecular complexity index is 812. The predicted octanol–water partition coefficient (Wildman–Crippen LogP) is 3.53. The van der Waals surface area contributed by atoms with Crippen LogP contribution in [0.4, 0.5) is 0 Å². The van der Waals surface area contributed by atoms with Crippen molar-refractivity contribution in [1.82, 2.24) is 10.3 Å². The van der Waals surface area contributed by atoms with Gasteiger partial charge in [0.25, 0.3) is 0 Å². The Morgan fingerprint density at radius 3 is 2.57 bits per heavy atom. The lowest BCUT2D eigenvalue weighted by Gasteiger charge is -2.40. The Morgan fingerprint density at radius 1 is 1.21 bits per heavy atom. The topological polar surface area (TPSA) is 71.5 Å². The molecule has 0 spiro atoms. The summed E-state index contributed by atoms with van der Waals surface area (Å²) in [6.45, 7) is 0. The number of nitrogens with one attached hydrogen (secondary N) is 1. The fourth-order valence-corrected chi connectivity index (χ4v) is 4.75. The van der Waals surface area contributed by atoms with Crippen molar-refractivity contribution >= 4 is 5.91 Å². The summed E-state index contributed by atoms with van der Waals surface area (Å²) < 4.78 is 5.33. The summed E-state index contributed by atoms with van der Waals surface area (Å²) in [5.41, 5.74) is 1.57. The van der Waals surface area contributed by atoms with Gasteiger partial charge in [0.2, 0.25) is 5.91 Å². The van der Waals surface area contributed by atoms with Gasteiger partial charge in [-0.2, -0.15) is 0 Å².